The second-order valence-electron chi connectivity index (χ2n) is 6.71. The minimum absolute atomic E-state index is 0.129. The molecule has 0 aliphatic carbocycles. The lowest BCUT2D eigenvalue weighted by Crippen LogP contribution is -2.46. The standard InChI is InChI=1S/C20H21Cl3FN3O/c21-15-3-2-6-18(24)14(15)13-27-11-9-26(10-12-27)8-7-19(28)25-20-16(22)4-1-5-17(20)23/h1-6H,7-13H2,(H,25,28). The Morgan fingerprint density at radius 3 is 2.14 bits per heavy atom. The van der Waals surface area contributed by atoms with Crippen LogP contribution in [0.3, 0.4) is 0 Å². The van der Waals surface area contributed by atoms with Crippen LogP contribution in [0, 0.1) is 5.82 Å². The van der Waals surface area contributed by atoms with Gasteiger partial charge in [0.25, 0.3) is 0 Å². The Morgan fingerprint density at radius 1 is 0.929 bits per heavy atom. The van der Waals surface area contributed by atoms with Gasteiger partial charge < -0.3 is 10.2 Å². The van der Waals surface area contributed by atoms with Crippen LogP contribution in [0.15, 0.2) is 36.4 Å². The monoisotopic (exact) mass is 443 g/mol. The lowest BCUT2D eigenvalue weighted by Gasteiger charge is -2.34. The van der Waals surface area contributed by atoms with Gasteiger partial charge in [0.1, 0.15) is 5.82 Å². The van der Waals surface area contributed by atoms with E-state index in [9.17, 15) is 9.18 Å². The van der Waals surface area contributed by atoms with Gasteiger partial charge in [-0.05, 0) is 24.3 Å². The summed E-state index contributed by atoms with van der Waals surface area (Å²) in [5.74, 6) is -0.402. The van der Waals surface area contributed by atoms with Crippen LogP contribution in [0.25, 0.3) is 0 Å². The van der Waals surface area contributed by atoms with Crippen molar-refractivity contribution in [3.8, 4) is 0 Å². The predicted molar refractivity (Wildman–Crippen MR) is 113 cm³/mol. The number of carbonyl (C=O) groups is 1. The number of nitrogens with one attached hydrogen (secondary N) is 1. The van der Waals surface area contributed by atoms with Gasteiger partial charge in [0.2, 0.25) is 5.91 Å². The number of halogens is 4. The number of hydrogen-bond acceptors (Lipinski definition) is 3. The molecule has 0 bridgehead atoms. The number of anilines is 1. The molecule has 150 valence electrons. The first-order valence-corrected chi connectivity index (χ1v) is 10.2. The fraction of sp³-hybridized carbons (Fsp3) is 0.350. The van der Waals surface area contributed by atoms with E-state index in [0.29, 0.717) is 45.8 Å². The molecule has 1 fully saturated rings. The van der Waals surface area contributed by atoms with Crippen LogP contribution < -0.4 is 5.32 Å². The van der Waals surface area contributed by atoms with E-state index in [4.69, 9.17) is 34.8 Å². The van der Waals surface area contributed by atoms with Gasteiger partial charge in [0, 0.05) is 56.3 Å². The van der Waals surface area contributed by atoms with Crippen LogP contribution in [0.4, 0.5) is 10.1 Å². The molecular formula is C20H21Cl3FN3O. The maximum absolute atomic E-state index is 13.9. The second kappa shape index (κ2) is 9.90. The number of carbonyl (C=O) groups excluding carboxylic acids is 1. The van der Waals surface area contributed by atoms with E-state index < -0.39 is 0 Å². The molecule has 1 heterocycles. The molecule has 28 heavy (non-hydrogen) atoms. The number of piperazine rings is 1. The first-order chi connectivity index (χ1) is 13.4. The number of rotatable bonds is 6. The van der Waals surface area contributed by atoms with E-state index in [-0.39, 0.29) is 11.7 Å². The van der Waals surface area contributed by atoms with E-state index >= 15 is 0 Å². The van der Waals surface area contributed by atoms with E-state index in [1.807, 2.05) is 0 Å². The van der Waals surface area contributed by atoms with E-state index in [1.165, 1.54) is 6.07 Å². The number of hydrogen-bond donors (Lipinski definition) is 1. The lowest BCUT2D eigenvalue weighted by molar-refractivity contribution is -0.116. The Balaban J connectivity index is 1.44. The topological polar surface area (TPSA) is 35.6 Å². The van der Waals surface area contributed by atoms with Crippen molar-refractivity contribution in [2.45, 2.75) is 13.0 Å². The average molecular weight is 445 g/mol. The maximum Gasteiger partial charge on any atom is 0.225 e. The molecule has 2 aromatic rings. The Kier molecular flexibility index (Phi) is 7.55. The van der Waals surface area contributed by atoms with Gasteiger partial charge in [-0.3, -0.25) is 9.69 Å². The highest BCUT2D eigenvalue weighted by Crippen LogP contribution is 2.29. The van der Waals surface area contributed by atoms with Crippen LogP contribution in [0.5, 0.6) is 0 Å². The molecular weight excluding hydrogens is 424 g/mol. The van der Waals surface area contributed by atoms with E-state index in [1.54, 1.807) is 30.3 Å². The zero-order valence-electron chi connectivity index (χ0n) is 15.2. The van der Waals surface area contributed by atoms with Gasteiger partial charge in [-0.15, -0.1) is 0 Å². The van der Waals surface area contributed by atoms with Crippen molar-refractivity contribution in [1.29, 1.82) is 0 Å². The molecule has 0 atom stereocenters. The highest BCUT2D eigenvalue weighted by molar-refractivity contribution is 6.39. The number of amides is 1. The summed E-state index contributed by atoms with van der Waals surface area (Å²) in [5, 5.41) is 4.07. The third-order valence-electron chi connectivity index (χ3n) is 4.79. The molecule has 1 N–H and O–H groups in total. The van der Waals surface area contributed by atoms with Crippen molar-refractivity contribution in [3.05, 3.63) is 62.8 Å². The number of benzene rings is 2. The minimum Gasteiger partial charge on any atom is -0.324 e. The number of para-hydroxylation sites is 1. The van der Waals surface area contributed by atoms with Gasteiger partial charge in [0.05, 0.1) is 15.7 Å². The Labute approximate surface area is 179 Å². The van der Waals surface area contributed by atoms with Crippen LogP contribution in [0.1, 0.15) is 12.0 Å². The summed E-state index contributed by atoms with van der Waals surface area (Å²) >= 11 is 18.3. The maximum atomic E-state index is 13.9. The van der Waals surface area contributed by atoms with Crippen molar-refractivity contribution in [3.63, 3.8) is 0 Å². The number of nitrogens with zero attached hydrogens (tertiary/aromatic N) is 2. The predicted octanol–water partition coefficient (Wildman–Crippen LogP) is 4.93. The largest absolute Gasteiger partial charge is 0.324 e. The van der Waals surface area contributed by atoms with Crippen molar-refractivity contribution in [1.82, 2.24) is 9.80 Å². The third-order valence-corrected chi connectivity index (χ3v) is 5.77. The first kappa shape index (κ1) is 21.3. The smallest absolute Gasteiger partial charge is 0.225 e. The van der Waals surface area contributed by atoms with Gasteiger partial charge in [-0.2, -0.15) is 0 Å². The summed E-state index contributed by atoms with van der Waals surface area (Å²) in [6.07, 6.45) is 0.348. The van der Waals surface area contributed by atoms with Crippen LogP contribution in [-0.2, 0) is 11.3 Å². The fourth-order valence-electron chi connectivity index (χ4n) is 3.16. The molecule has 2 aromatic carbocycles. The van der Waals surface area contributed by atoms with Crippen molar-refractivity contribution in [2.24, 2.45) is 0 Å². The molecule has 1 amide bonds. The molecule has 0 saturated carbocycles. The van der Waals surface area contributed by atoms with Crippen LogP contribution in [0.2, 0.25) is 15.1 Å². The molecule has 1 saturated heterocycles. The highest BCUT2D eigenvalue weighted by atomic mass is 35.5. The summed E-state index contributed by atoms with van der Waals surface area (Å²) < 4.78 is 13.9. The fourth-order valence-corrected chi connectivity index (χ4v) is 3.87. The Morgan fingerprint density at radius 2 is 1.50 bits per heavy atom. The van der Waals surface area contributed by atoms with Crippen molar-refractivity contribution < 1.29 is 9.18 Å². The van der Waals surface area contributed by atoms with Gasteiger partial charge >= 0.3 is 0 Å². The summed E-state index contributed by atoms with van der Waals surface area (Å²) in [5.41, 5.74) is 0.982. The zero-order valence-corrected chi connectivity index (χ0v) is 17.5. The van der Waals surface area contributed by atoms with E-state index in [0.717, 1.165) is 26.2 Å². The quantitative estimate of drug-likeness (QED) is 0.686. The SMILES string of the molecule is O=C(CCN1CCN(Cc2c(F)cccc2Cl)CC1)Nc1c(Cl)cccc1Cl. The lowest BCUT2D eigenvalue weighted by atomic mass is 10.1. The molecule has 0 radical (unpaired) electrons. The molecule has 4 nitrogen and oxygen atoms in total. The van der Waals surface area contributed by atoms with Gasteiger partial charge in [-0.25, -0.2) is 4.39 Å². The molecule has 0 spiro atoms. The Bertz CT molecular complexity index is 801. The van der Waals surface area contributed by atoms with Gasteiger partial charge in [-0.1, -0.05) is 46.9 Å². The molecule has 1 aliphatic rings. The normalized spacial score (nSPS) is 15.6. The minimum atomic E-state index is -0.273. The average Bonchev–Trinajstić information content (AvgIpc) is 2.67. The van der Waals surface area contributed by atoms with Crippen LogP contribution >= 0.6 is 34.8 Å². The summed E-state index contributed by atoms with van der Waals surface area (Å²) in [6, 6.07) is 9.85. The van der Waals surface area contributed by atoms with Gasteiger partial charge in [0.15, 0.2) is 0 Å². The van der Waals surface area contributed by atoms with Crippen LogP contribution in [-0.4, -0.2) is 48.4 Å². The molecule has 1 aliphatic heterocycles. The molecule has 0 aromatic heterocycles. The second-order valence-corrected chi connectivity index (χ2v) is 7.93. The van der Waals surface area contributed by atoms with Crippen molar-refractivity contribution in [2.75, 3.05) is 38.0 Å². The first-order valence-electron chi connectivity index (χ1n) is 9.05. The molecule has 3 rings (SSSR count). The third kappa shape index (κ3) is 5.58. The van der Waals surface area contributed by atoms with E-state index in [2.05, 4.69) is 15.1 Å². The summed E-state index contributed by atoms with van der Waals surface area (Å²) in [4.78, 5) is 16.6. The molecule has 0 unspecified atom stereocenters. The summed E-state index contributed by atoms with van der Waals surface area (Å²) in [7, 11) is 0. The summed E-state index contributed by atoms with van der Waals surface area (Å²) in [6.45, 7) is 4.34. The molecule has 8 heteroatoms. The van der Waals surface area contributed by atoms with Crippen molar-refractivity contribution >= 4 is 46.4 Å². The Hall–Kier alpha value is -1.37. The highest BCUT2D eigenvalue weighted by Gasteiger charge is 2.20. The zero-order chi connectivity index (χ0) is 20.1.